The summed E-state index contributed by atoms with van der Waals surface area (Å²) in [5.74, 6) is -0.861. The minimum atomic E-state index is -0.431. The van der Waals surface area contributed by atoms with E-state index in [2.05, 4.69) is 17.1 Å². The summed E-state index contributed by atoms with van der Waals surface area (Å²) in [6, 6.07) is 4.48. The monoisotopic (exact) mass is 294 g/mol. The van der Waals surface area contributed by atoms with Gasteiger partial charge in [-0.3, -0.25) is 4.90 Å². The van der Waals surface area contributed by atoms with Crippen molar-refractivity contribution in [3.8, 4) is 0 Å². The molecule has 1 aliphatic carbocycles. The molecule has 1 saturated carbocycles. The summed E-state index contributed by atoms with van der Waals surface area (Å²) in [6.07, 6.45) is 5.89. The third kappa shape index (κ3) is 3.11. The Kier molecular flexibility index (Phi) is 4.27. The Bertz CT molecular complexity index is 477. The number of hydrogen-bond donors (Lipinski definition) is 1. The molecule has 2 aliphatic rings. The van der Waals surface area contributed by atoms with Gasteiger partial charge in [-0.15, -0.1) is 0 Å². The smallest absolute Gasteiger partial charge is 0.130 e. The number of nitrogens with zero attached hydrogens (tertiary/aromatic N) is 1. The average Bonchev–Trinajstić information content (AvgIpc) is 2.84. The SMILES string of the molecule is CC1CCNC2(CCCC2)CN1Cc1c(F)cccc1F. The molecule has 3 rings (SSSR count). The summed E-state index contributed by atoms with van der Waals surface area (Å²) in [5, 5.41) is 3.70. The van der Waals surface area contributed by atoms with Crippen molar-refractivity contribution in [1.82, 2.24) is 10.2 Å². The standard InChI is InChI=1S/C17H24F2N2/c1-13-7-10-20-17(8-2-3-9-17)12-21(13)11-14-15(18)5-4-6-16(14)19/h4-6,13,20H,2-3,7-12H2,1H3. The molecule has 1 atom stereocenters. The van der Waals surface area contributed by atoms with Crippen molar-refractivity contribution in [3.63, 3.8) is 0 Å². The van der Waals surface area contributed by atoms with Gasteiger partial charge in [-0.05, 0) is 44.9 Å². The number of benzene rings is 1. The number of rotatable bonds is 2. The summed E-state index contributed by atoms with van der Waals surface area (Å²) in [6.45, 7) is 4.41. The molecule has 1 saturated heterocycles. The fraction of sp³-hybridized carbons (Fsp3) is 0.647. The van der Waals surface area contributed by atoms with E-state index < -0.39 is 11.6 Å². The molecule has 1 heterocycles. The molecule has 0 aromatic heterocycles. The van der Waals surface area contributed by atoms with E-state index in [-0.39, 0.29) is 11.1 Å². The summed E-state index contributed by atoms with van der Waals surface area (Å²) in [5.41, 5.74) is 0.367. The van der Waals surface area contributed by atoms with Crippen molar-refractivity contribution in [2.24, 2.45) is 0 Å². The second-order valence-electron chi connectivity index (χ2n) is 6.66. The zero-order chi connectivity index (χ0) is 14.9. The topological polar surface area (TPSA) is 15.3 Å². The van der Waals surface area contributed by atoms with E-state index in [1.165, 1.54) is 43.9 Å². The van der Waals surface area contributed by atoms with E-state index in [0.717, 1.165) is 19.5 Å². The highest BCUT2D eigenvalue weighted by Gasteiger charge is 2.38. The van der Waals surface area contributed by atoms with Gasteiger partial charge in [0.2, 0.25) is 0 Å². The molecule has 1 unspecified atom stereocenters. The Morgan fingerprint density at radius 3 is 2.57 bits per heavy atom. The van der Waals surface area contributed by atoms with E-state index in [1.54, 1.807) is 0 Å². The number of nitrogens with one attached hydrogen (secondary N) is 1. The van der Waals surface area contributed by atoms with Crippen LogP contribution in [0.25, 0.3) is 0 Å². The van der Waals surface area contributed by atoms with Crippen LogP contribution in [-0.2, 0) is 6.54 Å². The Hall–Kier alpha value is -1.00. The average molecular weight is 294 g/mol. The van der Waals surface area contributed by atoms with Crippen LogP contribution in [0.1, 0.15) is 44.6 Å². The Morgan fingerprint density at radius 2 is 1.90 bits per heavy atom. The van der Waals surface area contributed by atoms with Crippen LogP contribution in [0, 0.1) is 11.6 Å². The second-order valence-corrected chi connectivity index (χ2v) is 6.66. The predicted octanol–water partition coefficient (Wildman–Crippen LogP) is 3.46. The molecule has 0 amide bonds. The lowest BCUT2D eigenvalue weighted by Crippen LogP contribution is -2.50. The highest BCUT2D eigenvalue weighted by molar-refractivity contribution is 5.20. The Labute approximate surface area is 125 Å². The molecule has 2 fully saturated rings. The molecule has 0 radical (unpaired) electrons. The van der Waals surface area contributed by atoms with E-state index in [9.17, 15) is 8.78 Å². The van der Waals surface area contributed by atoms with Crippen LogP contribution in [0.2, 0.25) is 0 Å². The number of halogens is 2. The van der Waals surface area contributed by atoms with Crippen LogP contribution >= 0.6 is 0 Å². The molecular weight excluding hydrogens is 270 g/mol. The van der Waals surface area contributed by atoms with E-state index in [1.807, 2.05) is 0 Å². The zero-order valence-corrected chi connectivity index (χ0v) is 12.7. The van der Waals surface area contributed by atoms with Crippen LogP contribution in [0.5, 0.6) is 0 Å². The highest BCUT2D eigenvalue weighted by atomic mass is 19.1. The lowest BCUT2D eigenvalue weighted by molar-refractivity contribution is 0.156. The normalized spacial score (nSPS) is 26.1. The first kappa shape index (κ1) is 14.9. The summed E-state index contributed by atoms with van der Waals surface area (Å²) >= 11 is 0. The summed E-state index contributed by atoms with van der Waals surface area (Å²) in [7, 11) is 0. The molecule has 2 nitrogen and oxygen atoms in total. The lowest BCUT2D eigenvalue weighted by atomic mass is 9.96. The van der Waals surface area contributed by atoms with Gasteiger partial charge < -0.3 is 5.32 Å². The van der Waals surface area contributed by atoms with Gasteiger partial charge in [0, 0.05) is 30.2 Å². The quantitative estimate of drug-likeness (QED) is 0.898. The molecule has 1 aliphatic heterocycles. The third-order valence-corrected chi connectivity index (χ3v) is 5.17. The third-order valence-electron chi connectivity index (χ3n) is 5.17. The largest absolute Gasteiger partial charge is 0.310 e. The van der Waals surface area contributed by atoms with Crippen LogP contribution in [-0.4, -0.2) is 29.6 Å². The number of hydrogen-bond acceptors (Lipinski definition) is 2. The van der Waals surface area contributed by atoms with Gasteiger partial charge in [-0.1, -0.05) is 18.9 Å². The van der Waals surface area contributed by atoms with Crippen LogP contribution in [0.15, 0.2) is 18.2 Å². The molecule has 116 valence electrons. The van der Waals surface area contributed by atoms with Gasteiger partial charge in [0.1, 0.15) is 11.6 Å². The highest BCUT2D eigenvalue weighted by Crippen LogP contribution is 2.33. The molecule has 1 aromatic carbocycles. The van der Waals surface area contributed by atoms with Gasteiger partial charge in [-0.25, -0.2) is 8.78 Å². The molecule has 1 N–H and O–H groups in total. The van der Waals surface area contributed by atoms with Crippen molar-refractivity contribution < 1.29 is 8.78 Å². The first-order valence-corrected chi connectivity index (χ1v) is 8.02. The molecule has 1 aromatic rings. The first-order valence-electron chi connectivity index (χ1n) is 8.02. The van der Waals surface area contributed by atoms with Gasteiger partial charge in [0.05, 0.1) is 0 Å². The first-order chi connectivity index (χ1) is 10.1. The van der Waals surface area contributed by atoms with Gasteiger partial charge in [0.25, 0.3) is 0 Å². The van der Waals surface area contributed by atoms with E-state index in [0.29, 0.717) is 12.6 Å². The van der Waals surface area contributed by atoms with Crippen molar-refractivity contribution in [2.75, 3.05) is 13.1 Å². The fourth-order valence-electron chi connectivity index (χ4n) is 3.81. The van der Waals surface area contributed by atoms with Crippen molar-refractivity contribution in [2.45, 2.75) is 57.2 Å². The Morgan fingerprint density at radius 1 is 1.24 bits per heavy atom. The fourth-order valence-corrected chi connectivity index (χ4v) is 3.81. The minimum absolute atomic E-state index is 0.159. The van der Waals surface area contributed by atoms with E-state index >= 15 is 0 Å². The maximum Gasteiger partial charge on any atom is 0.130 e. The molecule has 1 spiro atoms. The summed E-state index contributed by atoms with van der Waals surface area (Å²) in [4.78, 5) is 2.26. The van der Waals surface area contributed by atoms with Gasteiger partial charge in [0.15, 0.2) is 0 Å². The van der Waals surface area contributed by atoms with Crippen LogP contribution in [0.4, 0.5) is 8.78 Å². The van der Waals surface area contributed by atoms with Crippen molar-refractivity contribution >= 4 is 0 Å². The maximum atomic E-state index is 13.9. The van der Waals surface area contributed by atoms with Crippen LogP contribution < -0.4 is 5.32 Å². The van der Waals surface area contributed by atoms with Crippen molar-refractivity contribution in [3.05, 3.63) is 35.4 Å². The summed E-state index contributed by atoms with van der Waals surface area (Å²) < 4.78 is 27.8. The molecule has 0 bridgehead atoms. The van der Waals surface area contributed by atoms with E-state index in [4.69, 9.17) is 0 Å². The lowest BCUT2D eigenvalue weighted by Gasteiger charge is -2.35. The Balaban J connectivity index is 1.81. The molecule has 21 heavy (non-hydrogen) atoms. The van der Waals surface area contributed by atoms with Gasteiger partial charge >= 0.3 is 0 Å². The maximum absolute atomic E-state index is 13.9. The predicted molar refractivity (Wildman–Crippen MR) is 80.0 cm³/mol. The molecular formula is C17H24F2N2. The zero-order valence-electron chi connectivity index (χ0n) is 12.7. The minimum Gasteiger partial charge on any atom is -0.310 e. The van der Waals surface area contributed by atoms with Gasteiger partial charge in [-0.2, -0.15) is 0 Å². The second kappa shape index (κ2) is 6.01. The van der Waals surface area contributed by atoms with Crippen molar-refractivity contribution in [1.29, 1.82) is 0 Å². The van der Waals surface area contributed by atoms with Crippen LogP contribution in [0.3, 0.4) is 0 Å². The molecule has 4 heteroatoms.